The summed E-state index contributed by atoms with van der Waals surface area (Å²) in [6, 6.07) is 1.63. The van der Waals surface area contributed by atoms with Crippen LogP contribution in [0.1, 0.15) is 30.0 Å². The minimum Gasteiger partial charge on any atom is -0.469 e. The lowest BCUT2D eigenvalue weighted by atomic mass is 10.2. The van der Waals surface area contributed by atoms with Gasteiger partial charge in [-0.05, 0) is 13.0 Å². The summed E-state index contributed by atoms with van der Waals surface area (Å²) in [4.78, 5) is 16.1. The quantitative estimate of drug-likeness (QED) is 0.720. The Balaban J connectivity index is 2.65. The molecule has 1 aromatic heterocycles. The molecule has 0 radical (unpaired) electrons. The number of nitrogens with one attached hydrogen (secondary N) is 1. The van der Waals surface area contributed by atoms with Gasteiger partial charge in [0.05, 0.1) is 18.4 Å². The van der Waals surface area contributed by atoms with Gasteiger partial charge in [0, 0.05) is 6.42 Å². The van der Waals surface area contributed by atoms with Crippen molar-refractivity contribution in [2.45, 2.75) is 20.3 Å². The van der Waals surface area contributed by atoms with Gasteiger partial charge in [-0.15, -0.1) is 0 Å². The number of furan rings is 1. The van der Waals surface area contributed by atoms with Crippen molar-refractivity contribution in [1.29, 1.82) is 0 Å². The molecule has 0 atom stereocenters. The number of hydrogen-bond acceptors (Lipinski definition) is 3. The van der Waals surface area contributed by atoms with Crippen molar-refractivity contribution in [3.8, 4) is 0 Å². The standard InChI is InChI=1S/C9H13NO3/c1-3-8-7(5-6-12-8)9(11)10-13-4-2/h5-6H,3-4H2,1-2H3,(H,10,11). The summed E-state index contributed by atoms with van der Waals surface area (Å²) in [5.74, 6) is 0.421. The molecule has 0 aliphatic rings. The number of hydrogen-bond donors (Lipinski definition) is 1. The molecule has 0 saturated heterocycles. The molecular weight excluding hydrogens is 170 g/mol. The number of amides is 1. The third-order valence-electron chi connectivity index (χ3n) is 1.62. The second kappa shape index (κ2) is 4.67. The molecule has 1 aromatic rings. The highest BCUT2D eigenvalue weighted by Crippen LogP contribution is 2.10. The third kappa shape index (κ3) is 2.32. The van der Waals surface area contributed by atoms with E-state index in [-0.39, 0.29) is 5.91 Å². The van der Waals surface area contributed by atoms with Crippen molar-refractivity contribution in [2.24, 2.45) is 0 Å². The fraction of sp³-hybridized carbons (Fsp3) is 0.444. The smallest absolute Gasteiger partial charge is 0.278 e. The first kappa shape index (κ1) is 9.80. The number of carbonyl (C=O) groups is 1. The van der Waals surface area contributed by atoms with Crippen molar-refractivity contribution in [3.63, 3.8) is 0 Å². The van der Waals surface area contributed by atoms with E-state index < -0.39 is 0 Å². The number of aryl methyl sites for hydroxylation is 1. The largest absolute Gasteiger partial charge is 0.469 e. The van der Waals surface area contributed by atoms with E-state index in [2.05, 4.69) is 5.48 Å². The lowest BCUT2D eigenvalue weighted by Crippen LogP contribution is -2.23. The van der Waals surface area contributed by atoms with Crippen LogP contribution in [0.5, 0.6) is 0 Å². The van der Waals surface area contributed by atoms with Gasteiger partial charge in [0.15, 0.2) is 0 Å². The van der Waals surface area contributed by atoms with Crippen molar-refractivity contribution in [3.05, 3.63) is 23.7 Å². The zero-order chi connectivity index (χ0) is 9.68. The van der Waals surface area contributed by atoms with E-state index in [1.807, 2.05) is 6.92 Å². The van der Waals surface area contributed by atoms with Gasteiger partial charge >= 0.3 is 0 Å². The predicted octanol–water partition coefficient (Wildman–Crippen LogP) is 1.52. The molecule has 0 aliphatic carbocycles. The Bertz CT molecular complexity index is 280. The maximum Gasteiger partial charge on any atom is 0.278 e. The van der Waals surface area contributed by atoms with Crippen molar-refractivity contribution in [1.82, 2.24) is 5.48 Å². The van der Waals surface area contributed by atoms with Gasteiger partial charge in [-0.25, -0.2) is 5.48 Å². The van der Waals surface area contributed by atoms with Gasteiger partial charge < -0.3 is 4.42 Å². The van der Waals surface area contributed by atoms with Gasteiger partial charge in [-0.1, -0.05) is 6.92 Å². The van der Waals surface area contributed by atoms with Gasteiger partial charge in [0.25, 0.3) is 5.91 Å². The Morgan fingerprint density at radius 2 is 2.38 bits per heavy atom. The summed E-state index contributed by atoms with van der Waals surface area (Å²) in [5, 5.41) is 0. The summed E-state index contributed by atoms with van der Waals surface area (Å²) < 4.78 is 5.10. The van der Waals surface area contributed by atoms with Crippen LogP contribution in [0, 0.1) is 0 Å². The molecule has 1 amide bonds. The first-order valence-corrected chi connectivity index (χ1v) is 4.28. The lowest BCUT2D eigenvalue weighted by Gasteiger charge is -2.02. The molecule has 0 spiro atoms. The molecule has 4 nitrogen and oxygen atoms in total. The second-order valence-corrected chi connectivity index (χ2v) is 2.48. The number of carbonyl (C=O) groups excluding carboxylic acids is 1. The lowest BCUT2D eigenvalue weighted by molar-refractivity contribution is 0.0363. The molecule has 0 aliphatic heterocycles. The molecule has 1 rings (SSSR count). The fourth-order valence-corrected chi connectivity index (χ4v) is 1.01. The highest BCUT2D eigenvalue weighted by atomic mass is 16.6. The first-order chi connectivity index (χ1) is 6.29. The minimum atomic E-state index is -0.257. The Hall–Kier alpha value is -1.29. The summed E-state index contributed by atoms with van der Waals surface area (Å²) in [6.45, 7) is 4.18. The van der Waals surface area contributed by atoms with Gasteiger partial charge in [0.2, 0.25) is 0 Å². The molecule has 0 aromatic carbocycles. The number of hydroxylamine groups is 1. The molecule has 1 N–H and O–H groups in total. The molecule has 0 fully saturated rings. The van der Waals surface area contributed by atoms with Crippen molar-refractivity contribution >= 4 is 5.91 Å². The van der Waals surface area contributed by atoms with E-state index in [0.717, 1.165) is 0 Å². The highest BCUT2D eigenvalue weighted by molar-refractivity contribution is 5.94. The predicted molar refractivity (Wildman–Crippen MR) is 47.2 cm³/mol. The maximum atomic E-state index is 11.3. The normalized spacial score (nSPS) is 10.0. The zero-order valence-electron chi connectivity index (χ0n) is 7.79. The van der Waals surface area contributed by atoms with Crippen LogP contribution < -0.4 is 5.48 Å². The average Bonchev–Trinajstić information content (AvgIpc) is 2.61. The minimum absolute atomic E-state index is 0.257. The Labute approximate surface area is 76.8 Å². The van der Waals surface area contributed by atoms with Gasteiger partial charge in [-0.3, -0.25) is 9.63 Å². The number of rotatable bonds is 4. The molecular formula is C9H13NO3. The maximum absolute atomic E-state index is 11.3. The average molecular weight is 183 g/mol. The molecule has 72 valence electrons. The van der Waals surface area contributed by atoms with Crippen LogP contribution in [0.15, 0.2) is 16.7 Å². The first-order valence-electron chi connectivity index (χ1n) is 4.28. The Morgan fingerprint density at radius 1 is 1.62 bits per heavy atom. The molecule has 0 saturated carbocycles. The van der Waals surface area contributed by atoms with Crippen molar-refractivity contribution < 1.29 is 14.0 Å². The van der Waals surface area contributed by atoms with Crippen LogP contribution >= 0.6 is 0 Å². The van der Waals surface area contributed by atoms with E-state index in [4.69, 9.17) is 9.25 Å². The second-order valence-electron chi connectivity index (χ2n) is 2.48. The molecule has 1 heterocycles. The molecule has 4 heteroatoms. The zero-order valence-corrected chi connectivity index (χ0v) is 7.79. The SMILES string of the molecule is CCONC(=O)c1ccoc1CC. The third-order valence-corrected chi connectivity index (χ3v) is 1.62. The summed E-state index contributed by atoms with van der Waals surface area (Å²) in [5.41, 5.74) is 2.85. The van der Waals surface area contributed by atoms with E-state index in [1.54, 1.807) is 13.0 Å². The van der Waals surface area contributed by atoms with Gasteiger partial charge in [-0.2, -0.15) is 0 Å². The van der Waals surface area contributed by atoms with Gasteiger partial charge in [0.1, 0.15) is 5.76 Å². The van der Waals surface area contributed by atoms with Crippen LogP contribution in [0.2, 0.25) is 0 Å². The fourth-order valence-electron chi connectivity index (χ4n) is 1.01. The van der Waals surface area contributed by atoms with E-state index in [9.17, 15) is 4.79 Å². The highest BCUT2D eigenvalue weighted by Gasteiger charge is 2.12. The molecule has 0 bridgehead atoms. The summed E-state index contributed by atoms with van der Waals surface area (Å²) in [6.07, 6.45) is 2.20. The van der Waals surface area contributed by atoms with Crippen LogP contribution in [-0.2, 0) is 11.3 Å². The van der Waals surface area contributed by atoms with Crippen LogP contribution in [0.4, 0.5) is 0 Å². The monoisotopic (exact) mass is 183 g/mol. The summed E-state index contributed by atoms with van der Waals surface area (Å²) in [7, 11) is 0. The molecule has 13 heavy (non-hydrogen) atoms. The van der Waals surface area contributed by atoms with E-state index in [1.165, 1.54) is 6.26 Å². The van der Waals surface area contributed by atoms with Crippen LogP contribution in [0.3, 0.4) is 0 Å². The van der Waals surface area contributed by atoms with Crippen LogP contribution in [0.25, 0.3) is 0 Å². The Morgan fingerprint density at radius 3 is 3.00 bits per heavy atom. The van der Waals surface area contributed by atoms with Crippen LogP contribution in [-0.4, -0.2) is 12.5 Å². The van der Waals surface area contributed by atoms with E-state index in [0.29, 0.717) is 24.4 Å². The summed E-state index contributed by atoms with van der Waals surface area (Å²) >= 11 is 0. The molecule has 0 unspecified atom stereocenters. The Kier molecular flexibility index (Phi) is 3.52. The topological polar surface area (TPSA) is 51.5 Å². The van der Waals surface area contributed by atoms with Crippen molar-refractivity contribution in [2.75, 3.05) is 6.61 Å². The van der Waals surface area contributed by atoms with E-state index >= 15 is 0 Å².